The number of hydrogen-bond acceptors (Lipinski definition) is 4. The zero-order chi connectivity index (χ0) is 16.1. The SMILES string of the molecule is CCCC(CCNC(=O)CCSCC(N)=O)CCC(=O)O. The van der Waals surface area contributed by atoms with E-state index >= 15 is 0 Å². The lowest BCUT2D eigenvalue weighted by atomic mass is 9.94. The fourth-order valence-corrected chi connectivity index (χ4v) is 2.69. The van der Waals surface area contributed by atoms with Crippen LogP contribution in [0.4, 0.5) is 0 Å². The van der Waals surface area contributed by atoms with Gasteiger partial charge in [0, 0.05) is 25.1 Å². The Labute approximate surface area is 130 Å². The van der Waals surface area contributed by atoms with Gasteiger partial charge in [0.05, 0.1) is 5.75 Å². The van der Waals surface area contributed by atoms with Crippen LogP contribution in [0.1, 0.15) is 45.4 Å². The molecule has 21 heavy (non-hydrogen) atoms. The molecule has 0 aromatic rings. The quantitative estimate of drug-likeness (QED) is 0.444. The van der Waals surface area contributed by atoms with Crippen LogP contribution in [0.25, 0.3) is 0 Å². The maximum absolute atomic E-state index is 11.6. The van der Waals surface area contributed by atoms with Crippen LogP contribution in [0.2, 0.25) is 0 Å². The van der Waals surface area contributed by atoms with Crippen LogP contribution in [0, 0.1) is 5.92 Å². The summed E-state index contributed by atoms with van der Waals surface area (Å²) in [5.41, 5.74) is 5.00. The van der Waals surface area contributed by atoms with Crippen molar-refractivity contribution in [1.82, 2.24) is 5.32 Å². The summed E-state index contributed by atoms with van der Waals surface area (Å²) in [4.78, 5) is 32.7. The minimum Gasteiger partial charge on any atom is -0.481 e. The highest BCUT2D eigenvalue weighted by Crippen LogP contribution is 2.17. The van der Waals surface area contributed by atoms with Crippen LogP contribution < -0.4 is 11.1 Å². The Kier molecular flexibility index (Phi) is 11.8. The first-order valence-corrected chi connectivity index (χ1v) is 8.45. The van der Waals surface area contributed by atoms with Crippen molar-refractivity contribution in [3.8, 4) is 0 Å². The molecule has 1 unspecified atom stereocenters. The Morgan fingerprint density at radius 2 is 1.90 bits per heavy atom. The molecule has 0 aromatic carbocycles. The third-order valence-electron chi connectivity index (χ3n) is 3.06. The summed E-state index contributed by atoms with van der Waals surface area (Å²) >= 11 is 1.35. The van der Waals surface area contributed by atoms with Crippen LogP contribution in [0.3, 0.4) is 0 Å². The predicted molar refractivity (Wildman–Crippen MR) is 84.0 cm³/mol. The molecule has 0 heterocycles. The standard InChI is InChI=1S/C14H26N2O4S/c1-2-3-11(4-5-14(19)20)6-8-16-13(18)7-9-21-10-12(15)17/h11H,2-10H2,1H3,(H2,15,17)(H,16,18)(H,19,20). The second-order valence-electron chi connectivity index (χ2n) is 4.99. The molecular weight excluding hydrogens is 292 g/mol. The maximum Gasteiger partial charge on any atom is 0.303 e. The summed E-state index contributed by atoms with van der Waals surface area (Å²) in [7, 11) is 0. The first-order chi connectivity index (χ1) is 9.95. The monoisotopic (exact) mass is 318 g/mol. The van der Waals surface area contributed by atoms with Gasteiger partial charge in [-0.15, -0.1) is 0 Å². The summed E-state index contributed by atoms with van der Waals surface area (Å²) in [5, 5.41) is 11.5. The Balaban J connectivity index is 3.73. The maximum atomic E-state index is 11.6. The average Bonchev–Trinajstić information content (AvgIpc) is 2.40. The summed E-state index contributed by atoms with van der Waals surface area (Å²) in [6.45, 7) is 2.64. The lowest BCUT2D eigenvalue weighted by Gasteiger charge is -2.15. The van der Waals surface area contributed by atoms with Crippen molar-refractivity contribution in [2.45, 2.75) is 45.4 Å². The molecule has 0 aromatic heterocycles. The van der Waals surface area contributed by atoms with Gasteiger partial charge in [0.2, 0.25) is 11.8 Å². The van der Waals surface area contributed by atoms with Crippen molar-refractivity contribution in [3.05, 3.63) is 0 Å². The molecule has 0 saturated carbocycles. The van der Waals surface area contributed by atoms with Crippen LogP contribution in [-0.2, 0) is 14.4 Å². The van der Waals surface area contributed by atoms with Gasteiger partial charge in [0.25, 0.3) is 0 Å². The number of carboxylic acid groups (broad SMARTS) is 1. The number of rotatable bonds is 13. The molecule has 2 amide bonds. The van der Waals surface area contributed by atoms with Crippen molar-refractivity contribution >= 4 is 29.5 Å². The molecule has 4 N–H and O–H groups in total. The van der Waals surface area contributed by atoms with Crippen LogP contribution in [0.15, 0.2) is 0 Å². The van der Waals surface area contributed by atoms with E-state index in [0.29, 0.717) is 31.1 Å². The highest BCUT2D eigenvalue weighted by molar-refractivity contribution is 7.99. The summed E-state index contributed by atoms with van der Waals surface area (Å²) < 4.78 is 0. The van der Waals surface area contributed by atoms with Crippen LogP contribution in [0.5, 0.6) is 0 Å². The fourth-order valence-electron chi connectivity index (χ4n) is 2.01. The third kappa shape index (κ3) is 13.5. The Morgan fingerprint density at radius 1 is 1.19 bits per heavy atom. The van der Waals surface area contributed by atoms with Gasteiger partial charge in [-0.25, -0.2) is 0 Å². The van der Waals surface area contributed by atoms with Gasteiger partial charge < -0.3 is 16.2 Å². The van der Waals surface area contributed by atoms with E-state index in [4.69, 9.17) is 10.8 Å². The number of thioether (sulfide) groups is 1. The van der Waals surface area contributed by atoms with E-state index in [2.05, 4.69) is 12.2 Å². The number of aliphatic carboxylic acids is 1. The van der Waals surface area contributed by atoms with Gasteiger partial charge in [0.1, 0.15) is 0 Å². The summed E-state index contributed by atoms with van der Waals surface area (Å²) in [6.07, 6.45) is 4.02. The third-order valence-corrected chi connectivity index (χ3v) is 4.04. The number of nitrogens with two attached hydrogens (primary N) is 1. The summed E-state index contributed by atoms with van der Waals surface area (Å²) in [5.74, 6) is -0.0308. The zero-order valence-electron chi connectivity index (χ0n) is 12.6. The number of nitrogens with one attached hydrogen (secondary N) is 1. The Bertz CT molecular complexity index is 337. The normalized spacial score (nSPS) is 11.9. The van der Waals surface area contributed by atoms with E-state index in [9.17, 15) is 14.4 Å². The molecule has 0 rings (SSSR count). The molecule has 0 fully saturated rings. The second-order valence-corrected chi connectivity index (χ2v) is 6.10. The zero-order valence-corrected chi connectivity index (χ0v) is 13.4. The van der Waals surface area contributed by atoms with E-state index in [1.54, 1.807) is 0 Å². The molecule has 0 aliphatic heterocycles. The Hall–Kier alpha value is -1.24. The van der Waals surface area contributed by atoms with Crippen molar-refractivity contribution in [2.24, 2.45) is 11.7 Å². The van der Waals surface area contributed by atoms with Crippen molar-refractivity contribution in [2.75, 3.05) is 18.1 Å². The lowest BCUT2D eigenvalue weighted by molar-refractivity contribution is -0.137. The lowest BCUT2D eigenvalue weighted by Crippen LogP contribution is -2.26. The average molecular weight is 318 g/mol. The molecule has 0 radical (unpaired) electrons. The van der Waals surface area contributed by atoms with Crippen LogP contribution >= 0.6 is 11.8 Å². The van der Waals surface area contributed by atoms with Crippen molar-refractivity contribution in [1.29, 1.82) is 0 Å². The van der Waals surface area contributed by atoms with Crippen LogP contribution in [-0.4, -0.2) is 40.9 Å². The molecule has 0 saturated heterocycles. The molecule has 1 atom stereocenters. The molecular formula is C14H26N2O4S. The van der Waals surface area contributed by atoms with Gasteiger partial charge in [-0.3, -0.25) is 14.4 Å². The van der Waals surface area contributed by atoms with E-state index in [-0.39, 0.29) is 24.0 Å². The van der Waals surface area contributed by atoms with E-state index < -0.39 is 5.97 Å². The molecule has 7 heteroatoms. The second kappa shape index (κ2) is 12.5. The number of primary amides is 1. The fraction of sp³-hybridized carbons (Fsp3) is 0.786. The topological polar surface area (TPSA) is 109 Å². The van der Waals surface area contributed by atoms with Gasteiger partial charge in [-0.2, -0.15) is 11.8 Å². The highest BCUT2D eigenvalue weighted by atomic mass is 32.2. The van der Waals surface area contributed by atoms with E-state index in [1.165, 1.54) is 11.8 Å². The molecule has 0 bridgehead atoms. The molecule has 122 valence electrons. The molecule has 0 aliphatic carbocycles. The largest absolute Gasteiger partial charge is 0.481 e. The van der Waals surface area contributed by atoms with E-state index in [1.807, 2.05) is 0 Å². The molecule has 0 spiro atoms. The summed E-state index contributed by atoms with van der Waals surface area (Å²) in [6, 6.07) is 0. The van der Waals surface area contributed by atoms with Gasteiger partial charge in [-0.1, -0.05) is 19.8 Å². The molecule has 6 nitrogen and oxygen atoms in total. The predicted octanol–water partition coefficient (Wildman–Crippen LogP) is 1.38. The molecule has 0 aliphatic rings. The minimum absolute atomic E-state index is 0.0412. The first kappa shape index (κ1) is 19.8. The minimum atomic E-state index is -0.772. The Morgan fingerprint density at radius 3 is 2.48 bits per heavy atom. The number of hydrogen-bond donors (Lipinski definition) is 3. The number of carbonyl (C=O) groups is 3. The van der Waals surface area contributed by atoms with Gasteiger partial charge in [0.15, 0.2) is 0 Å². The van der Waals surface area contributed by atoms with Gasteiger partial charge in [-0.05, 0) is 18.8 Å². The number of carboxylic acids is 1. The van der Waals surface area contributed by atoms with E-state index in [0.717, 1.165) is 19.3 Å². The highest BCUT2D eigenvalue weighted by Gasteiger charge is 2.11. The number of carbonyl (C=O) groups excluding carboxylic acids is 2. The first-order valence-electron chi connectivity index (χ1n) is 7.30. The number of amides is 2. The van der Waals surface area contributed by atoms with Gasteiger partial charge >= 0.3 is 5.97 Å². The van der Waals surface area contributed by atoms with Crippen molar-refractivity contribution in [3.63, 3.8) is 0 Å². The van der Waals surface area contributed by atoms with Crippen molar-refractivity contribution < 1.29 is 19.5 Å². The smallest absolute Gasteiger partial charge is 0.303 e.